The molecule has 2 unspecified atom stereocenters. The van der Waals surface area contributed by atoms with E-state index >= 15 is 0 Å². The van der Waals surface area contributed by atoms with Crippen LogP contribution >= 0.6 is 0 Å². The molecule has 9 heteroatoms. The summed E-state index contributed by atoms with van der Waals surface area (Å²) in [4.78, 5) is 12.8. The molecular weight excluding hydrogens is 366 g/mol. The lowest BCUT2D eigenvalue weighted by Gasteiger charge is -2.28. The summed E-state index contributed by atoms with van der Waals surface area (Å²) in [5.74, 6) is -0.132. The second kappa shape index (κ2) is 7.06. The van der Waals surface area contributed by atoms with Crippen LogP contribution in [-0.2, 0) is 5.60 Å². The van der Waals surface area contributed by atoms with Gasteiger partial charge in [0.25, 0.3) is 0 Å². The monoisotopic (exact) mass is 388 g/mol. The van der Waals surface area contributed by atoms with E-state index < -0.39 is 23.6 Å². The third kappa shape index (κ3) is 3.55. The molecule has 0 saturated carbocycles. The molecule has 1 aliphatic heterocycles. The highest BCUT2D eigenvalue weighted by atomic mass is 19.1. The number of pyridine rings is 1. The Bertz CT molecular complexity index is 1000. The first-order valence-corrected chi connectivity index (χ1v) is 9.17. The van der Waals surface area contributed by atoms with Gasteiger partial charge in [-0.05, 0) is 38.9 Å². The van der Waals surface area contributed by atoms with Crippen molar-refractivity contribution in [2.45, 2.75) is 38.1 Å². The number of hydrogen-bond acceptors (Lipinski definition) is 6. The maximum atomic E-state index is 14.6. The van der Waals surface area contributed by atoms with E-state index in [9.17, 15) is 13.9 Å². The van der Waals surface area contributed by atoms with Crippen molar-refractivity contribution in [2.75, 3.05) is 18.4 Å². The average molecular weight is 388 g/mol. The molecule has 3 aromatic rings. The van der Waals surface area contributed by atoms with Gasteiger partial charge in [0.2, 0.25) is 0 Å². The Kier molecular flexibility index (Phi) is 4.72. The Balaban J connectivity index is 1.72. The third-order valence-electron chi connectivity index (χ3n) is 4.84. The predicted molar refractivity (Wildman–Crippen MR) is 101 cm³/mol. The number of fused-ring (bicyclic) bond motifs is 1. The smallest absolute Gasteiger partial charge is 0.155 e. The second-order valence-corrected chi connectivity index (χ2v) is 7.49. The maximum Gasteiger partial charge on any atom is 0.155 e. The first-order valence-electron chi connectivity index (χ1n) is 9.17. The number of alkyl halides is 1. The molecule has 1 saturated heterocycles. The van der Waals surface area contributed by atoms with Gasteiger partial charge < -0.3 is 15.7 Å². The molecule has 7 nitrogen and oxygen atoms in total. The van der Waals surface area contributed by atoms with Crippen molar-refractivity contribution < 1.29 is 13.9 Å². The summed E-state index contributed by atoms with van der Waals surface area (Å²) < 4.78 is 30.3. The van der Waals surface area contributed by atoms with E-state index in [0.29, 0.717) is 42.4 Å². The van der Waals surface area contributed by atoms with Gasteiger partial charge >= 0.3 is 0 Å². The van der Waals surface area contributed by atoms with E-state index in [1.165, 1.54) is 24.5 Å². The molecule has 148 valence electrons. The fourth-order valence-corrected chi connectivity index (χ4v) is 3.24. The van der Waals surface area contributed by atoms with Crippen LogP contribution < -0.4 is 10.6 Å². The van der Waals surface area contributed by atoms with Gasteiger partial charge in [0.15, 0.2) is 11.5 Å². The summed E-state index contributed by atoms with van der Waals surface area (Å²) in [6, 6.07) is 2.37. The van der Waals surface area contributed by atoms with Crippen LogP contribution in [0.5, 0.6) is 0 Å². The Hall–Kier alpha value is -2.65. The molecule has 3 N–H and O–H groups in total. The molecule has 1 fully saturated rings. The molecule has 0 spiro atoms. The van der Waals surface area contributed by atoms with Crippen LogP contribution in [0.2, 0.25) is 0 Å². The Morgan fingerprint density at radius 3 is 2.86 bits per heavy atom. The average Bonchev–Trinajstić information content (AvgIpc) is 3.07. The first-order chi connectivity index (χ1) is 13.3. The second-order valence-electron chi connectivity index (χ2n) is 7.49. The molecule has 3 aromatic heterocycles. The zero-order valence-electron chi connectivity index (χ0n) is 15.7. The number of aromatic nitrogens is 4. The molecule has 0 aromatic carbocycles. The minimum absolute atomic E-state index is 0.0876. The number of piperidine rings is 1. The van der Waals surface area contributed by atoms with Crippen molar-refractivity contribution >= 4 is 11.5 Å². The van der Waals surface area contributed by atoms with Crippen LogP contribution in [0.15, 0.2) is 30.7 Å². The molecule has 1 aliphatic rings. The fraction of sp³-hybridized carbons (Fsp3) is 0.421. The number of nitrogens with zero attached hydrogens (tertiary/aromatic N) is 4. The first kappa shape index (κ1) is 18.7. The lowest BCUT2D eigenvalue weighted by atomic mass is 10.1. The Labute approximate surface area is 160 Å². The number of hydrogen-bond donors (Lipinski definition) is 3. The van der Waals surface area contributed by atoms with Gasteiger partial charge in [-0.1, -0.05) is 0 Å². The number of halogens is 2. The van der Waals surface area contributed by atoms with E-state index in [-0.39, 0.29) is 5.69 Å². The molecule has 4 heterocycles. The lowest BCUT2D eigenvalue weighted by molar-refractivity contribution is 0.0734. The van der Waals surface area contributed by atoms with Crippen molar-refractivity contribution in [1.29, 1.82) is 0 Å². The van der Waals surface area contributed by atoms with Crippen molar-refractivity contribution in [3.63, 3.8) is 0 Å². The minimum Gasteiger partial charge on any atom is -0.384 e. The van der Waals surface area contributed by atoms with Gasteiger partial charge in [-0.25, -0.2) is 18.7 Å². The van der Waals surface area contributed by atoms with Crippen LogP contribution in [0.25, 0.3) is 17.0 Å². The zero-order chi connectivity index (χ0) is 19.9. The SMILES string of the molecule is CC(C)(O)c1cn2c(-c3nc(NC4CNCCC4F)ccc3F)cnc2cn1. The molecule has 0 aliphatic carbocycles. The summed E-state index contributed by atoms with van der Waals surface area (Å²) in [7, 11) is 0. The van der Waals surface area contributed by atoms with Gasteiger partial charge in [-0.2, -0.15) is 0 Å². The van der Waals surface area contributed by atoms with E-state index in [2.05, 4.69) is 25.6 Å². The maximum absolute atomic E-state index is 14.6. The third-order valence-corrected chi connectivity index (χ3v) is 4.84. The standard InChI is InChI=1S/C19H22F2N6O/c1-19(2,28)15-10-27-14(8-24-17(27)9-23-15)18-12(21)3-4-16(26-18)25-13-7-22-6-5-11(13)20/h3-4,8-11,13,22,28H,5-7H2,1-2H3,(H,25,26). The van der Waals surface area contributed by atoms with Crippen LogP contribution in [0, 0.1) is 5.82 Å². The molecule has 4 rings (SSSR count). The summed E-state index contributed by atoms with van der Waals surface area (Å²) in [5, 5.41) is 16.4. The van der Waals surface area contributed by atoms with Gasteiger partial charge in [-0.15, -0.1) is 0 Å². The predicted octanol–water partition coefficient (Wildman–Crippen LogP) is 2.27. The van der Waals surface area contributed by atoms with E-state index in [1.54, 1.807) is 24.4 Å². The van der Waals surface area contributed by atoms with Crippen molar-refractivity contribution in [3.05, 3.63) is 42.2 Å². The van der Waals surface area contributed by atoms with Crippen LogP contribution in [0.3, 0.4) is 0 Å². The van der Waals surface area contributed by atoms with Crippen molar-refractivity contribution in [3.8, 4) is 11.4 Å². The van der Waals surface area contributed by atoms with Crippen molar-refractivity contribution in [2.24, 2.45) is 0 Å². The van der Waals surface area contributed by atoms with E-state index in [4.69, 9.17) is 0 Å². The van der Waals surface area contributed by atoms with Gasteiger partial charge in [0.05, 0.1) is 29.8 Å². The minimum atomic E-state index is -1.16. The number of aliphatic hydroxyl groups is 1. The Morgan fingerprint density at radius 2 is 2.11 bits per heavy atom. The summed E-state index contributed by atoms with van der Waals surface area (Å²) in [6.45, 7) is 4.35. The molecular formula is C19H22F2N6O. The van der Waals surface area contributed by atoms with Crippen LogP contribution in [0.1, 0.15) is 26.0 Å². The highest BCUT2D eigenvalue weighted by molar-refractivity contribution is 5.62. The summed E-state index contributed by atoms with van der Waals surface area (Å²) in [6.07, 6.45) is 4.05. The molecule has 0 amide bonds. The fourth-order valence-electron chi connectivity index (χ4n) is 3.24. The summed E-state index contributed by atoms with van der Waals surface area (Å²) >= 11 is 0. The number of imidazole rings is 1. The lowest BCUT2D eigenvalue weighted by Crippen LogP contribution is -2.46. The summed E-state index contributed by atoms with van der Waals surface area (Å²) in [5.41, 5.74) is 0.271. The van der Waals surface area contributed by atoms with E-state index in [1.807, 2.05) is 0 Å². The molecule has 2 atom stereocenters. The largest absolute Gasteiger partial charge is 0.384 e. The van der Waals surface area contributed by atoms with Gasteiger partial charge in [0, 0.05) is 12.7 Å². The number of rotatable bonds is 4. The zero-order valence-corrected chi connectivity index (χ0v) is 15.7. The van der Waals surface area contributed by atoms with Crippen LogP contribution in [0.4, 0.5) is 14.6 Å². The molecule has 0 bridgehead atoms. The van der Waals surface area contributed by atoms with Crippen molar-refractivity contribution in [1.82, 2.24) is 24.7 Å². The quantitative estimate of drug-likeness (QED) is 0.636. The highest BCUT2D eigenvalue weighted by Gasteiger charge is 2.25. The Morgan fingerprint density at radius 1 is 1.29 bits per heavy atom. The van der Waals surface area contributed by atoms with Gasteiger partial charge in [0.1, 0.15) is 23.3 Å². The number of nitrogens with one attached hydrogen (secondary N) is 2. The number of anilines is 1. The van der Waals surface area contributed by atoms with Gasteiger partial charge in [-0.3, -0.25) is 9.38 Å². The topological polar surface area (TPSA) is 87.4 Å². The van der Waals surface area contributed by atoms with E-state index in [0.717, 1.165) is 0 Å². The normalized spacial score (nSPS) is 20.5. The highest BCUT2D eigenvalue weighted by Crippen LogP contribution is 2.26. The van der Waals surface area contributed by atoms with Crippen LogP contribution in [-0.4, -0.2) is 49.8 Å². The molecule has 0 radical (unpaired) electrons. The molecule has 28 heavy (non-hydrogen) atoms.